The van der Waals surface area contributed by atoms with Crippen LogP contribution in [0.4, 0.5) is 0 Å². The van der Waals surface area contributed by atoms with Crippen molar-refractivity contribution >= 4 is 11.8 Å². The van der Waals surface area contributed by atoms with Gasteiger partial charge in [0.1, 0.15) is 0 Å². The summed E-state index contributed by atoms with van der Waals surface area (Å²) in [7, 11) is 0. The topological polar surface area (TPSA) is 72.9 Å². The van der Waals surface area contributed by atoms with E-state index >= 15 is 0 Å². The van der Waals surface area contributed by atoms with Crippen LogP contribution in [0.3, 0.4) is 0 Å². The Morgan fingerprint density at radius 3 is 2.16 bits per heavy atom. The monoisotopic (exact) mass is 437 g/mol. The van der Waals surface area contributed by atoms with E-state index in [-0.39, 0.29) is 23.9 Å². The number of piperazine rings is 1. The highest BCUT2D eigenvalue weighted by atomic mass is 16.5. The van der Waals surface area contributed by atoms with E-state index in [4.69, 9.17) is 5.21 Å². The lowest BCUT2D eigenvalue weighted by Gasteiger charge is -2.45. The second kappa shape index (κ2) is 10.7. The number of hydroxylamine groups is 1. The summed E-state index contributed by atoms with van der Waals surface area (Å²) in [5.74, 6) is 0.0539. The van der Waals surface area contributed by atoms with E-state index in [2.05, 4.69) is 61.8 Å². The molecule has 2 amide bonds. The van der Waals surface area contributed by atoms with Crippen LogP contribution in [0.1, 0.15) is 61.5 Å². The first-order valence-corrected chi connectivity index (χ1v) is 11.4. The van der Waals surface area contributed by atoms with Gasteiger partial charge in [0.2, 0.25) is 5.91 Å². The number of hydrogen-bond donors (Lipinski definition) is 2. The molecular formula is C26H35N3O3. The van der Waals surface area contributed by atoms with Gasteiger partial charge < -0.3 is 4.90 Å². The minimum atomic E-state index is -0.512. The molecule has 4 unspecified atom stereocenters. The summed E-state index contributed by atoms with van der Waals surface area (Å²) >= 11 is 0. The third-order valence-electron chi connectivity index (χ3n) is 6.47. The van der Waals surface area contributed by atoms with Crippen molar-refractivity contribution < 1.29 is 14.8 Å². The predicted molar refractivity (Wildman–Crippen MR) is 125 cm³/mol. The highest BCUT2D eigenvalue weighted by Crippen LogP contribution is 2.27. The van der Waals surface area contributed by atoms with E-state index in [1.54, 1.807) is 17.6 Å². The molecule has 2 N–H and O–H groups in total. The zero-order valence-corrected chi connectivity index (χ0v) is 19.5. The average Bonchev–Trinajstić information content (AvgIpc) is 2.79. The zero-order chi connectivity index (χ0) is 23.3. The summed E-state index contributed by atoms with van der Waals surface area (Å²) in [5, 5.41) is 8.75. The third-order valence-corrected chi connectivity index (χ3v) is 6.47. The molecule has 32 heavy (non-hydrogen) atoms. The van der Waals surface area contributed by atoms with Crippen molar-refractivity contribution in [3.63, 3.8) is 0 Å². The summed E-state index contributed by atoms with van der Waals surface area (Å²) in [6.45, 7) is 10.9. The Kier molecular flexibility index (Phi) is 8.04. The lowest BCUT2D eigenvalue weighted by Crippen LogP contribution is -2.59. The summed E-state index contributed by atoms with van der Waals surface area (Å²) in [6.07, 6.45) is 0.844. The Hall–Kier alpha value is -2.70. The second-order valence-electron chi connectivity index (χ2n) is 9.22. The Morgan fingerprint density at radius 1 is 1.00 bits per heavy atom. The van der Waals surface area contributed by atoms with Gasteiger partial charge in [-0.3, -0.25) is 19.7 Å². The van der Waals surface area contributed by atoms with Crippen LogP contribution >= 0.6 is 0 Å². The molecule has 1 heterocycles. The van der Waals surface area contributed by atoms with Crippen LogP contribution in [0.15, 0.2) is 54.6 Å². The van der Waals surface area contributed by atoms with Crippen LogP contribution in [0.5, 0.6) is 0 Å². The summed E-state index contributed by atoms with van der Waals surface area (Å²) in [5.41, 5.74) is 4.45. The van der Waals surface area contributed by atoms with E-state index in [1.807, 2.05) is 18.2 Å². The minimum absolute atomic E-state index is 0.0214. The van der Waals surface area contributed by atoms with Gasteiger partial charge in [0.25, 0.3) is 5.91 Å². The molecular weight excluding hydrogens is 402 g/mol. The first-order valence-electron chi connectivity index (χ1n) is 11.4. The third kappa shape index (κ3) is 5.75. The fourth-order valence-corrected chi connectivity index (χ4v) is 4.88. The van der Waals surface area contributed by atoms with Crippen molar-refractivity contribution in [2.24, 2.45) is 5.92 Å². The molecule has 2 aromatic rings. The van der Waals surface area contributed by atoms with Gasteiger partial charge in [0, 0.05) is 43.2 Å². The van der Waals surface area contributed by atoms with E-state index in [0.717, 1.165) is 31.6 Å². The van der Waals surface area contributed by atoms with E-state index in [1.165, 1.54) is 5.56 Å². The molecule has 0 spiro atoms. The van der Waals surface area contributed by atoms with Crippen LogP contribution in [-0.2, 0) is 11.3 Å². The van der Waals surface area contributed by atoms with Crippen LogP contribution in [-0.4, -0.2) is 52.0 Å². The van der Waals surface area contributed by atoms with Crippen molar-refractivity contribution in [1.82, 2.24) is 15.3 Å². The number of carbonyl (C=O) groups excluding carboxylic acids is 2. The summed E-state index contributed by atoms with van der Waals surface area (Å²) in [6, 6.07) is 17.9. The van der Waals surface area contributed by atoms with Gasteiger partial charge in [-0.25, -0.2) is 5.48 Å². The first kappa shape index (κ1) is 24.0. The quantitative estimate of drug-likeness (QED) is 0.506. The molecule has 6 heteroatoms. The van der Waals surface area contributed by atoms with Gasteiger partial charge >= 0.3 is 0 Å². The normalized spacial score (nSPS) is 21.1. The van der Waals surface area contributed by atoms with Crippen LogP contribution in [0.25, 0.3) is 0 Å². The van der Waals surface area contributed by atoms with Crippen molar-refractivity contribution in [3.8, 4) is 0 Å². The molecule has 0 radical (unpaired) electrons. The maximum atomic E-state index is 13.3. The average molecular weight is 438 g/mol. The Bertz CT molecular complexity index is 888. The lowest BCUT2D eigenvalue weighted by atomic mass is 9.89. The molecule has 0 aromatic heterocycles. The smallest absolute Gasteiger partial charge is 0.274 e. The molecule has 1 aliphatic heterocycles. The molecule has 0 aliphatic carbocycles. The number of hydrogen-bond acceptors (Lipinski definition) is 4. The molecule has 6 nitrogen and oxygen atoms in total. The highest BCUT2D eigenvalue weighted by Gasteiger charge is 2.35. The Morgan fingerprint density at radius 2 is 1.59 bits per heavy atom. The van der Waals surface area contributed by atoms with Crippen LogP contribution in [0, 0.1) is 5.92 Å². The maximum absolute atomic E-state index is 13.3. The van der Waals surface area contributed by atoms with Crippen molar-refractivity contribution in [3.05, 3.63) is 71.3 Å². The Balaban J connectivity index is 1.57. The van der Waals surface area contributed by atoms with E-state index < -0.39 is 5.91 Å². The van der Waals surface area contributed by atoms with Crippen LogP contribution < -0.4 is 5.48 Å². The molecule has 1 fully saturated rings. The first-order chi connectivity index (χ1) is 15.3. The minimum Gasteiger partial charge on any atom is -0.334 e. The number of rotatable bonds is 7. The second-order valence-corrected chi connectivity index (χ2v) is 9.22. The van der Waals surface area contributed by atoms with Crippen molar-refractivity contribution in [1.29, 1.82) is 0 Å². The number of benzene rings is 2. The fourth-order valence-electron chi connectivity index (χ4n) is 4.88. The van der Waals surface area contributed by atoms with Gasteiger partial charge in [0.05, 0.1) is 0 Å². The lowest BCUT2D eigenvalue weighted by molar-refractivity contribution is -0.143. The number of nitrogens with zero attached hydrogens (tertiary/aromatic N) is 2. The van der Waals surface area contributed by atoms with Gasteiger partial charge in [-0.2, -0.15) is 0 Å². The molecule has 1 aliphatic rings. The van der Waals surface area contributed by atoms with Crippen molar-refractivity contribution in [2.75, 3.05) is 13.1 Å². The number of carbonyl (C=O) groups is 2. The fraction of sp³-hybridized carbons (Fsp3) is 0.462. The van der Waals surface area contributed by atoms with Crippen molar-refractivity contribution in [2.45, 2.75) is 58.7 Å². The van der Waals surface area contributed by atoms with E-state index in [0.29, 0.717) is 11.5 Å². The molecule has 4 atom stereocenters. The van der Waals surface area contributed by atoms with Crippen LogP contribution in [0.2, 0.25) is 0 Å². The Labute approximate surface area is 191 Å². The van der Waals surface area contributed by atoms with Gasteiger partial charge in [-0.05, 0) is 49.4 Å². The summed E-state index contributed by atoms with van der Waals surface area (Å²) in [4.78, 5) is 29.3. The standard InChI is InChI=1S/C26H35N3O3/c1-18(23-8-6-5-7-9-23)14-19(2)26(31)29-20(3)15-28(16-21(29)4)17-22-10-12-24(13-11-22)25(30)27-32/h5-13,18-21,32H,14-17H2,1-4H3,(H,27,30). The zero-order valence-electron chi connectivity index (χ0n) is 19.5. The molecule has 1 saturated heterocycles. The van der Waals surface area contributed by atoms with Gasteiger partial charge in [0.15, 0.2) is 0 Å². The van der Waals surface area contributed by atoms with Gasteiger partial charge in [-0.15, -0.1) is 0 Å². The number of amides is 2. The number of nitrogens with one attached hydrogen (secondary N) is 1. The van der Waals surface area contributed by atoms with E-state index in [9.17, 15) is 9.59 Å². The summed E-state index contributed by atoms with van der Waals surface area (Å²) < 4.78 is 0. The molecule has 0 bridgehead atoms. The predicted octanol–water partition coefficient (Wildman–Crippen LogP) is 4.06. The highest BCUT2D eigenvalue weighted by molar-refractivity contribution is 5.93. The molecule has 172 valence electrons. The molecule has 2 aromatic carbocycles. The maximum Gasteiger partial charge on any atom is 0.274 e. The SMILES string of the molecule is CC(CC(C)c1ccccc1)C(=O)N1C(C)CN(Cc2ccc(C(=O)NO)cc2)CC1C. The largest absolute Gasteiger partial charge is 0.334 e. The molecule has 3 rings (SSSR count). The van der Waals surface area contributed by atoms with Gasteiger partial charge in [-0.1, -0.05) is 56.3 Å². The molecule has 0 saturated carbocycles.